The lowest BCUT2D eigenvalue weighted by atomic mass is 10.1. The molecule has 0 radical (unpaired) electrons. The van der Waals surface area contributed by atoms with Crippen molar-refractivity contribution in [2.75, 3.05) is 37.5 Å². The van der Waals surface area contributed by atoms with Gasteiger partial charge < -0.3 is 19.7 Å². The fourth-order valence-electron chi connectivity index (χ4n) is 3.53. The second-order valence-corrected chi connectivity index (χ2v) is 7.40. The summed E-state index contributed by atoms with van der Waals surface area (Å²) in [7, 11) is 3.30. The van der Waals surface area contributed by atoms with E-state index < -0.39 is 11.2 Å². The minimum absolute atomic E-state index is 0.0162. The minimum Gasteiger partial charge on any atom is -0.490 e. The molecule has 1 aliphatic heterocycles. The van der Waals surface area contributed by atoms with Crippen LogP contribution < -0.4 is 30.9 Å². The van der Waals surface area contributed by atoms with Gasteiger partial charge in [-0.2, -0.15) is 4.68 Å². The van der Waals surface area contributed by atoms with E-state index >= 15 is 0 Å². The predicted molar refractivity (Wildman–Crippen MR) is 119 cm³/mol. The molecule has 1 N–H and O–H groups in total. The lowest BCUT2D eigenvalue weighted by Gasteiger charge is -2.28. The fourth-order valence-corrected chi connectivity index (χ4v) is 3.53. The van der Waals surface area contributed by atoms with Crippen LogP contribution in [0.5, 0.6) is 11.6 Å². The van der Waals surface area contributed by atoms with Gasteiger partial charge in [0.2, 0.25) is 5.91 Å². The maximum atomic E-state index is 13.2. The molecule has 4 rings (SSSR count). The van der Waals surface area contributed by atoms with E-state index in [1.807, 2.05) is 25.2 Å². The summed E-state index contributed by atoms with van der Waals surface area (Å²) >= 11 is 0. The summed E-state index contributed by atoms with van der Waals surface area (Å²) in [4.78, 5) is 39.5. The van der Waals surface area contributed by atoms with Crippen molar-refractivity contribution in [3.8, 4) is 17.3 Å². The molecule has 2 aromatic carbocycles. The first-order valence-corrected chi connectivity index (χ1v) is 10.0. The van der Waals surface area contributed by atoms with Gasteiger partial charge in [-0.1, -0.05) is 12.1 Å². The SMILES string of the molecule is COc1nn(-c2cccc(NC(C)=O)c2)c(=O)n(Cc2ccc3c(c2)OCCN3C)c1=O. The second-order valence-electron chi connectivity index (χ2n) is 7.40. The van der Waals surface area contributed by atoms with Gasteiger partial charge in [0.25, 0.3) is 5.88 Å². The number of anilines is 2. The first-order valence-electron chi connectivity index (χ1n) is 10.0. The normalized spacial score (nSPS) is 12.7. The van der Waals surface area contributed by atoms with Crippen LogP contribution in [0, 0.1) is 0 Å². The van der Waals surface area contributed by atoms with E-state index in [0.29, 0.717) is 23.7 Å². The Hall–Kier alpha value is -4.08. The van der Waals surface area contributed by atoms with Crippen LogP contribution in [0.2, 0.25) is 0 Å². The summed E-state index contributed by atoms with van der Waals surface area (Å²) in [6.45, 7) is 2.76. The van der Waals surface area contributed by atoms with Gasteiger partial charge in [0.05, 0.1) is 31.6 Å². The molecule has 1 aromatic heterocycles. The van der Waals surface area contributed by atoms with Gasteiger partial charge in [0.1, 0.15) is 12.4 Å². The third-order valence-electron chi connectivity index (χ3n) is 5.10. The number of carbonyl (C=O) groups is 1. The molecule has 0 saturated heterocycles. The van der Waals surface area contributed by atoms with Crippen LogP contribution >= 0.6 is 0 Å². The van der Waals surface area contributed by atoms with Crippen LogP contribution in [-0.4, -0.2) is 47.6 Å². The Balaban J connectivity index is 1.78. The number of carbonyl (C=O) groups excluding carboxylic acids is 1. The number of amides is 1. The first-order chi connectivity index (χ1) is 15.4. The summed E-state index contributed by atoms with van der Waals surface area (Å²) in [6.07, 6.45) is 0. The molecule has 10 nitrogen and oxygen atoms in total. The Labute approximate surface area is 183 Å². The molecule has 0 saturated carbocycles. The van der Waals surface area contributed by atoms with E-state index in [9.17, 15) is 14.4 Å². The number of aromatic nitrogens is 3. The first kappa shape index (κ1) is 21.2. The number of hydrogen-bond acceptors (Lipinski definition) is 7. The van der Waals surface area contributed by atoms with E-state index in [-0.39, 0.29) is 18.3 Å². The summed E-state index contributed by atoms with van der Waals surface area (Å²) in [6, 6.07) is 12.2. The number of rotatable bonds is 5. The van der Waals surface area contributed by atoms with Crippen molar-refractivity contribution in [2.45, 2.75) is 13.5 Å². The molecule has 10 heteroatoms. The number of fused-ring (bicyclic) bond motifs is 1. The fraction of sp³-hybridized carbons (Fsp3) is 0.273. The quantitative estimate of drug-likeness (QED) is 0.640. The topological polar surface area (TPSA) is 108 Å². The van der Waals surface area contributed by atoms with Crippen LogP contribution in [0.25, 0.3) is 5.69 Å². The Kier molecular flexibility index (Phi) is 5.67. The van der Waals surface area contributed by atoms with Crippen molar-refractivity contribution in [1.29, 1.82) is 0 Å². The predicted octanol–water partition coefficient (Wildman–Crippen LogP) is 1.24. The van der Waals surface area contributed by atoms with Gasteiger partial charge in [0, 0.05) is 19.7 Å². The van der Waals surface area contributed by atoms with E-state index in [0.717, 1.165) is 27.0 Å². The zero-order valence-corrected chi connectivity index (χ0v) is 18.0. The highest BCUT2D eigenvalue weighted by Gasteiger charge is 2.18. The molecule has 0 spiro atoms. The molecule has 1 aliphatic rings. The highest BCUT2D eigenvalue weighted by atomic mass is 16.5. The lowest BCUT2D eigenvalue weighted by Crippen LogP contribution is -2.41. The molecule has 3 aromatic rings. The molecule has 0 unspecified atom stereocenters. The molecule has 166 valence electrons. The highest BCUT2D eigenvalue weighted by Crippen LogP contribution is 2.31. The molecule has 0 bridgehead atoms. The van der Waals surface area contributed by atoms with Crippen molar-refractivity contribution in [2.24, 2.45) is 0 Å². The summed E-state index contributed by atoms with van der Waals surface area (Å²) in [5, 5.41) is 6.73. The Morgan fingerprint density at radius 2 is 2.03 bits per heavy atom. The van der Waals surface area contributed by atoms with Crippen LogP contribution in [0.3, 0.4) is 0 Å². The minimum atomic E-state index is -0.637. The summed E-state index contributed by atoms with van der Waals surface area (Å²) in [5.41, 5.74) is 1.28. The molecule has 2 heterocycles. The van der Waals surface area contributed by atoms with Crippen molar-refractivity contribution in [1.82, 2.24) is 14.3 Å². The van der Waals surface area contributed by atoms with Crippen molar-refractivity contribution >= 4 is 17.3 Å². The molecule has 0 fully saturated rings. The van der Waals surface area contributed by atoms with Crippen LogP contribution in [-0.2, 0) is 11.3 Å². The Morgan fingerprint density at radius 1 is 1.22 bits per heavy atom. The number of hydrogen-bond donors (Lipinski definition) is 1. The number of nitrogens with zero attached hydrogens (tertiary/aromatic N) is 4. The van der Waals surface area contributed by atoms with Crippen molar-refractivity contribution in [3.05, 3.63) is 68.9 Å². The largest absolute Gasteiger partial charge is 0.490 e. The van der Waals surface area contributed by atoms with E-state index in [1.165, 1.54) is 14.0 Å². The zero-order valence-electron chi connectivity index (χ0n) is 18.0. The maximum Gasteiger partial charge on any atom is 0.352 e. The number of benzene rings is 2. The van der Waals surface area contributed by atoms with Crippen molar-refractivity contribution in [3.63, 3.8) is 0 Å². The van der Waals surface area contributed by atoms with Gasteiger partial charge in [-0.3, -0.25) is 9.59 Å². The third kappa shape index (κ3) is 4.07. The van der Waals surface area contributed by atoms with Gasteiger partial charge in [-0.25, -0.2) is 9.36 Å². The third-order valence-corrected chi connectivity index (χ3v) is 5.10. The summed E-state index contributed by atoms with van der Waals surface area (Å²) in [5.74, 6) is 0.238. The Bertz CT molecular complexity index is 1300. The van der Waals surface area contributed by atoms with Crippen LogP contribution in [0.4, 0.5) is 11.4 Å². The van der Waals surface area contributed by atoms with Gasteiger partial charge in [-0.05, 0) is 35.9 Å². The van der Waals surface area contributed by atoms with Crippen LogP contribution in [0.15, 0.2) is 52.1 Å². The van der Waals surface area contributed by atoms with E-state index in [4.69, 9.17) is 9.47 Å². The molecule has 0 atom stereocenters. The van der Waals surface area contributed by atoms with Crippen LogP contribution in [0.1, 0.15) is 12.5 Å². The smallest absolute Gasteiger partial charge is 0.352 e. The summed E-state index contributed by atoms with van der Waals surface area (Å²) < 4.78 is 13.0. The number of methoxy groups -OCH3 is 1. The number of likely N-dealkylation sites (N-methyl/N-ethyl adjacent to an activating group) is 1. The lowest BCUT2D eigenvalue weighted by molar-refractivity contribution is -0.114. The van der Waals surface area contributed by atoms with E-state index in [2.05, 4.69) is 15.3 Å². The van der Waals surface area contributed by atoms with Crippen molar-refractivity contribution < 1.29 is 14.3 Å². The monoisotopic (exact) mass is 437 g/mol. The molecule has 1 amide bonds. The molecular formula is C22H23N5O5. The molecule has 32 heavy (non-hydrogen) atoms. The maximum absolute atomic E-state index is 13.2. The van der Waals surface area contributed by atoms with Gasteiger partial charge >= 0.3 is 11.2 Å². The number of nitrogens with one attached hydrogen (secondary N) is 1. The average molecular weight is 437 g/mol. The van der Waals surface area contributed by atoms with Gasteiger partial charge in [0.15, 0.2) is 0 Å². The molecule has 0 aliphatic carbocycles. The Morgan fingerprint density at radius 3 is 2.78 bits per heavy atom. The van der Waals surface area contributed by atoms with Gasteiger partial charge in [-0.15, -0.1) is 5.10 Å². The average Bonchev–Trinajstić information content (AvgIpc) is 2.77. The zero-order chi connectivity index (χ0) is 22.8. The highest BCUT2D eigenvalue weighted by molar-refractivity contribution is 5.88. The molecular weight excluding hydrogens is 414 g/mol. The standard InChI is InChI=1S/C22H23N5O5/c1-14(28)23-16-5-4-6-17(12-16)27-22(30)26(21(29)20(24-27)31-3)13-15-7-8-18-19(11-15)32-10-9-25(18)2/h4-8,11-12H,9-10,13H2,1-3H3,(H,23,28). The second kappa shape index (κ2) is 8.58. The van der Waals surface area contributed by atoms with E-state index in [1.54, 1.807) is 24.3 Å². The number of ether oxygens (including phenoxy) is 2.